The highest BCUT2D eigenvalue weighted by Crippen LogP contribution is 2.14. The smallest absolute Gasteiger partial charge is 0.309 e. The number of rotatable bonds is 17. The summed E-state index contributed by atoms with van der Waals surface area (Å²) in [4.78, 5) is 33.4. The van der Waals surface area contributed by atoms with Gasteiger partial charge in [0.15, 0.2) is 0 Å². The fourth-order valence-corrected chi connectivity index (χ4v) is 2.94. The van der Waals surface area contributed by atoms with Gasteiger partial charge in [-0.1, -0.05) is 31.4 Å². The lowest BCUT2D eigenvalue weighted by Crippen LogP contribution is -2.36. The molecule has 0 bridgehead atoms. The number of benzene rings is 1. The monoisotopic (exact) mass is 447 g/mol. The summed E-state index contributed by atoms with van der Waals surface area (Å²) in [6.07, 6.45) is 13.8. The van der Waals surface area contributed by atoms with Crippen molar-refractivity contribution < 1.29 is 23.9 Å². The number of amides is 3. The number of carbonyl (C=O) groups is 3. The molecular weight excluding hydrogens is 410 g/mol. The van der Waals surface area contributed by atoms with Crippen LogP contribution in [0.15, 0.2) is 36.4 Å². The molecule has 0 fully saturated rings. The summed E-state index contributed by atoms with van der Waals surface area (Å²) in [5.74, 6) is -1.07. The SMILES string of the molecule is COc1ccc(NC(=O)COCCCCCCC/C=C\CCCCNC(=O)C(N)=O)cc1. The zero-order valence-electron chi connectivity index (χ0n) is 19.1. The molecule has 4 N–H and O–H groups in total. The standard InChI is InChI=1S/C24H37N3O5/c1-31-21-15-13-20(14-16-21)27-22(28)19-32-18-12-10-8-6-4-2-3-5-7-9-11-17-26-24(30)23(25)29/h3,5,13-16H,2,4,6-12,17-19H2,1H3,(H2,25,29)(H,26,30)(H,27,28)/b5-3-. The zero-order chi connectivity index (χ0) is 23.4. The van der Waals surface area contributed by atoms with Crippen LogP contribution in [0.5, 0.6) is 5.75 Å². The number of allylic oxidation sites excluding steroid dienone is 2. The van der Waals surface area contributed by atoms with Crippen LogP contribution in [-0.4, -0.2) is 44.6 Å². The average molecular weight is 448 g/mol. The Kier molecular flexibility index (Phi) is 15.1. The van der Waals surface area contributed by atoms with Crippen LogP contribution < -0.4 is 21.1 Å². The molecule has 0 aliphatic carbocycles. The van der Waals surface area contributed by atoms with E-state index in [4.69, 9.17) is 15.2 Å². The largest absolute Gasteiger partial charge is 0.497 e. The quantitative estimate of drug-likeness (QED) is 0.192. The number of ether oxygens (including phenoxy) is 2. The molecule has 3 amide bonds. The van der Waals surface area contributed by atoms with E-state index < -0.39 is 11.8 Å². The molecule has 178 valence electrons. The molecule has 0 saturated carbocycles. The second-order valence-electron chi connectivity index (χ2n) is 7.47. The summed E-state index contributed by atoms with van der Waals surface area (Å²) in [7, 11) is 1.60. The van der Waals surface area contributed by atoms with E-state index >= 15 is 0 Å². The van der Waals surface area contributed by atoms with Crippen molar-refractivity contribution in [2.24, 2.45) is 5.73 Å². The zero-order valence-corrected chi connectivity index (χ0v) is 19.1. The lowest BCUT2D eigenvalue weighted by molar-refractivity contribution is -0.137. The molecule has 0 heterocycles. The number of nitrogens with one attached hydrogen (secondary N) is 2. The third-order valence-electron chi connectivity index (χ3n) is 4.74. The van der Waals surface area contributed by atoms with Gasteiger partial charge in [0.2, 0.25) is 5.91 Å². The number of primary amides is 1. The Morgan fingerprint density at radius 1 is 0.906 bits per heavy atom. The molecule has 0 radical (unpaired) electrons. The topological polar surface area (TPSA) is 120 Å². The van der Waals surface area contributed by atoms with Crippen LogP contribution in [0.4, 0.5) is 5.69 Å². The number of methoxy groups -OCH3 is 1. The number of hydrogen-bond donors (Lipinski definition) is 3. The van der Waals surface area contributed by atoms with Crippen molar-refractivity contribution in [1.29, 1.82) is 0 Å². The van der Waals surface area contributed by atoms with Crippen molar-refractivity contribution in [2.75, 3.05) is 32.2 Å². The molecule has 1 aromatic carbocycles. The summed E-state index contributed by atoms with van der Waals surface area (Å²) in [5, 5.41) is 5.27. The minimum Gasteiger partial charge on any atom is -0.497 e. The number of anilines is 1. The molecule has 32 heavy (non-hydrogen) atoms. The molecule has 0 aromatic heterocycles. The first kappa shape index (κ1) is 27.2. The Morgan fingerprint density at radius 2 is 1.53 bits per heavy atom. The Hall–Kier alpha value is -2.87. The molecule has 0 aliphatic rings. The molecule has 0 unspecified atom stereocenters. The highest BCUT2D eigenvalue weighted by atomic mass is 16.5. The maximum Gasteiger partial charge on any atom is 0.309 e. The van der Waals surface area contributed by atoms with Crippen LogP contribution in [-0.2, 0) is 19.1 Å². The van der Waals surface area contributed by atoms with Crippen LogP contribution in [0.25, 0.3) is 0 Å². The van der Waals surface area contributed by atoms with Crippen LogP contribution >= 0.6 is 0 Å². The van der Waals surface area contributed by atoms with E-state index in [0.717, 1.165) is 62.8 Å². The highest BCUT2D eigenvalue weighted by molar-refractivity contribution is 6.34. The first-order chi connectivity index (χ1) is 15.5. The van der Waals surface area contributed by atoms with Gasteiger partial charge >= 0.3 is 11.8 Å². The number of hydrogen-bond acceptors (Lipinski definition) is 5. The van der Waals surface area contributed by atoms with Gasteiger partial charge in [0.25, 0.3) is 0 Å². The van der Waals surface area contributed by atoms with Crippen molar-refractivity contribution in [3.05, 3.63) is 36.4 Å². The van der Waals surface area contributed by atoms with E-state index in [0.29, 0.717) is 13.2 Å². The van der Waals surface area contributed by atoms with Gasteiger partial charge in [-0.05, 0) is 62.8 Å². The van der Waals surface area contributed by atoms with Gasteiger partial charge in [0.1, 0.15) is 12.4 Å². The van der Waals surface area contributed by atoms with Gasteiger partial charge in [-0.15, -0.1) is 0 Å². The fourth-order valence-electron chi connectivity index (χ4n) is 2.94. The molecule has 1 rings (SSSR count). The first-order valence-corrected chi connectivity index (χ1v) is 11.3. The van der Waals surface area contributed by atoms with Crippen molar-refractivity contribution in [3.8, 4) is 5.75 Å². The van der Waals surface area contributed by atoms with Crippen LogP contribution in [0.2, 0.25) is 0 Å². The third-order valence-corrected chi connectivity index (χ3v) is 4.74. The molecular formula is C24H37N3O5. The fraction of sp³-hybridized carbons (Fsp3) is 0.542. The number of carbonyl (C=O) groups excluding carboxylic acids is 3. The Labute approximate surface area is 190 Å². The third kappa shape index (κ3) is 14.2. The normalized spacial score (nSPS) is 10.8. The molecule has 0 atom stereocenters. The van der Waals surface area contributed by atoms with Gasteiger partial charge in [0, 0.05) is 18.8 Å². The molecule has 8 nitrogen and oxygen atoms in total. The summed E-state index contributed by atoms with van der Waals surface area (Å²) < 4.78 is 10.5. The Morgan fingerprint density at radius 3 is 2.19 bits per heavy atom. The molecule has 8 heteroatoms. The maximum atomic E-state index is 11.8. The molecule has 0 spiro atoms. The predicted molar refractivity (Wildman–Crippen MR) is 125 cm³/mol. The highest BCUT2D eigenvalue weighted by Gasteiger charge is 2.05. The van der Waals surface area contributed by atoms with Crippen LogP contribution in [0.3, 0.4) is 0 Å². The second-order valence-corrected chi connectivity index (χ2v) is 7.47. The maximum absolute atomic E-state index is 11.8. The Balaban J connectivity index is 1.86. The van der Waals surface area contributed by atoms with E-state index in [9.17, 15) is 14.4 Å². The predicted octanol–water partition coefficient (Wildman–Crippen LogP) is 3.32. The van der Waals surface area contributed by atoms with Crippen molar-refractivity contribution >= 4 is 23.4 Å². The second kappa shape index (κ2) is 17.8. The summed E-state index contributed by atoms with van der Waals surface area (Å²) in [6, 6.07) is 7.18. The van der Waals surface area contributed by atoms with Gasteiger partial charge < -0.3 is 25.8 Å². The van der Waals surface area contributed by atoms with Gasteiger partial charge in [-0.25, -0.2) is 0 Å². The number of unbranched alkanes of at least 4 members (excludes halogenated alkanes) is 7. The lowest BCUT2D eigenvalue weighted by atomic mass is 10.1. The van der Waals surface area contributed by atoms with Crippen LogP contribution in [0.1, 0.15) is 57.8 Å². The Bertz CT molecular complexity index is 704. The minimum atomic E-state index is -0.939. The molecule has 0 saturated heterocycles. The minimum absolute atomic E-state index is 0.0638. The van der Waals surface area contributed by atoms with E-state index in [1.54, 1.807) is 31.4 Å². The molecule has 0 aliphatic heterocycles. The lowest BCUT2D eigenvalue weighted by Gasteiger charge is -2.07. The average Bonchev–Trinajstić information content (AvgIpc) is 2.79. The summed E-state index contributed by atoms with van der Waals surface area (Å²) in [5.41, 5.74) is 5.58. The first-order valence-electron chi connectivity index (χ1n) is 11.3. The van der Waals surface area contributed by atoms with Crippen molar-refractivity contribution in [3.63, 3.8) is 0 Å². The van der Waals surface area contributed by atoms with E-state index in [2.05, 4.69) is 22.8 Å². The van der Waals surface area contributed by atoms with Gasteiger partial charge in [0.05, 0.1) is 7.11 Å². The van der Waals surface area contributed by atoms with Crippen molar-refractivity contribution in [1.82, 2.24) is 5.32 Å². The van der Waals surface area contributed by atoms with E-state index in [1.807, 2.05) is 0 Å². The van der Waals surface area contributed by atoms with E-state index in [-0.39, 0.29) is 12.5 Å². The summed E-state index contributed by atoms with van der Waals surface area (Å²) in [6.45, 7) is 1.14. The van der Waals surface area contributed by atoms with Crippen molar-refractivity contribution in [2.45, 2.75) is 57.8 Å². The van der Waals surface area contributed by atoms with E-state index in [1.165, 1.54) is 6.42 Å². The molecule has 1 aromatic rings. The number of nitrogens with two attached hydrogens (primary N) is 1. The summed E-state index contributed by atoms with van der Waals surface area (Å²) >= 11 is 0. The van der Waals surface area contributed by atoms with Gasteiger partial charge in [-0.3, -0.25) is 14.4 Å². The van der Waals surface area contributed by atoms with Gasteiger partial charge in [-0.2, -0.15) is 0 Å². The van der Waals surface area contributed by atoms with Crippen LogP contribution in [0, 0.1) is 0 Å².